The van der Waals surface area contributed by atoms with Gasteiger partial charge < -0.3 is 15.4 Å². The van der Waals surface area contributed by atoms with E-state index in [0.29, 0.717) is 24.8 Å². The molecule has 174 valence electrons. The third-order valence-electron chi connectivity index (χ3n) is 5.41. The summed E-state index contributed by atoms with van der Waals surface area (Å²) in [6, 6.07) is 18.5. The van der Waals surface area contributed by atoms with Crippen LogP contribution in [0.3, 0.4) is 0 Å². The summed E-state index contributed by atoms with van der Waals surface area (Å²) < 4.78 is 5.03. The number of esters is 1. The van der Waals surface area contributed by atoms with Crippen LogP contribution in [0.25, 0.3) is 0 Å². The van der Waals surface area contributed by atoms with Gasteiger partial charge in [0.25, 0.3) is 0 Å². The van der Waals surface area contributed by atoms with Gasteiger partial charge in [-0.25, -0.2) is 9.79 Å². The second-order valence-electron chi connectivity index (χ2n) is 7.79. The molecular weight excluding hydrogens is 515 g/mol. The van der Waals surface area contributed by atoms with Gasteiger partial charge in [-0.1, -0.05) is 42.5 Å². The Bertz CT molecular complexity index is 835. The number of guanidine groups is 1. The van der Waals surface area contributed by atoms with Crippen LogP contribution in [0, 0.1) is 0 Å². The van der Waals surface area contributed by atoms with Crippen molar-refractivity contribution < 1.29 is 9.53 Å². The molecule has 0 spiro atoms. The van der Waals surface area contributed by atoms with Crippen LogP contribution in [0.5, 0.6) is 0 Å². The van der Waals surface area contributed by atoms with E-state index in [1.54, 1.807) is 12.1 Å². The first-order valence-electron chi connectivity index (χ1n) is 11.2. The molecule has 2 N–H and O–H groups in total. The van der Waals surface area contributed by atoms with E-state index in [0.717, 1.165) is 50.5 Å². The van der Waals surface area contributed by atoms with Crippen molar-refractivity contribution in [2.24, 2.45) is 4.99 Å². The Morgan fingerprint density at radius 3 is 2.34 bits per heavy atom. The Morgan fingerprint density at radius 2 is 1.72 bits per heavy atom. The van der Waals surface area contributed by atoms with E-state index >= 15 is 0 Å². The topological polar surface area (TPSA) is 66.0 Å². The Labute approximate surface area is 208 Å². The van der Waals surface area contributed by atoms with Crippen molar-refractivity contribution in [3.63, 3.8) is 0 Å². The van der Waals surface area contributed by atoms with E-state index in [-0.39, 0.29) is 29.9 Å². The highest BCUT2D eigenvalue weighted by Crippen LogP contribution is 2.14. The number of rotatable bonds is 8. The molecular formula is C25H35IN4O2. The summed E-state index contributed by atoms with van der Waals surface area (Å²) in [6.07, 6.45) is 2.21. The smallest absolute Gasteiger partial charge is 0.338 e. The summed E-state index contributed by atoms with van der Waals surface area (Å²) in [5.74, 6) is 0.560. The van der Waals surface area contributed by atoms with E-state index in [9.17, 15) is 4.79 Å². The van der Waals surface area contributed by atoms with Crippen LogP contribution in [-0.4, -0.2) is 49.1 Å². The Balaban J connectivity index is 0.00000363. The van der Waals surface area contributed by atoms with Crippen LogP contribution in [0.1, 0.15) is 48.2 Å². The SMILES string of the molecule is CCNC(=NCc1ccc(C(=O)OCC)cc1)NC1CCN(Cc2ccccc2)CC1.I. The molecule has 7 heteroatoms. The second kappa shape index (κ2) is 14.1. The molecule has 0 saturated carbocycles. The third kappa shape index (κ3) is 8.43. The number of likely N-dealkylation sites (tertiary alicyclic amines) is 1. The highest BCUT2D eigenvalue weighted by molar-refractivity contribution is 14.0. The fourth-order valence-electron chi connectivity index (χ4n) is 3.72. The minimum absolute atomic E-state index is 0. The number of hydrogen-bond acceptors (Lipinski definition) is 4. The van der Waals surface area contributed by atoms with Crippen LogP contribution in [0.4, 0.5) is 0 Å². The molecule has 0 unspecified atom stereocenters. The molecule has 1 heterocycles. The number of benzene rings is 2. The lowest BCUT2D eigenvalue weighted by Crippen LogP contribution is -2.48. The summed E-state index contributed by atoms with van der Waals surface area (Å²) in [5, 5.41) is 6.94. The molecule has 3 rings (SSSR count). The van der Waals surface area contributed by atoms with Gasteiger partial charge in [0.1, 0.15) is 0 Å². The number of aliphatic imine (C=N–C) groups is 1. The Kier molecular flexibility index (Phi) is 11.5. The van der Waals surface area contributed by atoms with Gasteiger partial charge in [-0.2, -0.15) is 0 Å². The monoisotopic (exact) mass is 550 g/mol. The van der Waals surface area contributed by atoms with Gasteiger partial charge in [0, 0.05) is 32.2 Å². The molecule has 0 aromatic heterocycles. The molecule has 6 nitrogen and oxygen atoms in total. The molecule has 1 aliphatic heterocycles. The molecule has 1 saturated heterocycles. The first-order chi connectivity index (χ1) is 15.2. The van der Waals surface area contributed by atoms with Gasteiger partial charge in [0.15, 0.2) is 5.96 Å². The van der Waals surface area contributed by atoms with E-state index in [4.69, 9.17) is 9.73 Å². The lowest BCUT2D eigenvalue weighted by molar-refractivity contribution is 0.0526. The van der Waals surface area contributed by atoms with Gasteiger partial charge in [-0.3, -0.25) is 4.90 Å². The zero-order valence-corrected chi connectivity index (χ0v) is 21.4. The lowest BCUT2D eigenvalue weighted by Gasteiger charge is -2.33. The van der Waals surface area contributed by atoms with Crippen molar-refractivity contribution in [2.45, 2.75) is 45.8 Å². The van der Waals surface area contributed by atoms with E-state index in [1.807, 2.05) is 19.1 Å². The Morgan fingerprint density at radius 1 is 1.03 bits per heavy atom. The van der Waals surface area contributed by atoms with Crippen molar-refractivity contribution in [2.75, 3.05) is 26.2 Å². The van der Waals surface area contributed by atoms with Crippen molar-refractivity contribution in [3.8, 4) is 0 Å². The number of carbonyl (C=O) groups excluding carboxylic acids is 1. The summed E-state index contributed by atoms with van der Waals surface area (Å²) in [4.78, 5) is 19.0. The molecule has 1 aliphatic rings. The van der Waals surface area contributed by atoms with Gasteiger partial charge in [-0.05, 0) is 49.9 Å². The number of halogens is 1. The molecule has 0 bridgehead atoms. The maximum absolute atomic E-state index is 11.8. The van der Waals surface area contributed by atoms with Crippen LogP contribution < -0.4 is 10.6 Å². The van der Waals surface area contributed by atoms with Gasteiger partial charge in [-0.15, -0.1) is 24.0 Å². The lowest BCUT2D eigenvalue weighted by atomic mass is 10.0. The average molecular weight is 550 g/mol. The fraction of sp³-hybridized carbons (Fsp3) is 0.440. The number of piperidine rings is 1. The maximum atomic E-state index is 11.8. The predicted octanol–water partition coefficient (Wildman–Crippen LogP) is 4.20. The average Bonchev–Trinajstić information content (AvgIpc) is 2.80. The number of nitrogens with zero attached hydrogens (tertiary/aromatic N) is 2. The molecule has 0 radical (unpaired) electrons. The van der Waals surface area contributed by atoms with Crippen LogP contribution >= 0.6 is 24.0 Å². The van der Waals surface area contributed by atoms with Crippen LogP contribution in [-0.2, 0) is 17.8 Å². The van der Waals surface area contributed by atoms with Crippen LogP contribution in [0.15, 0.2) is 59.6 Å². The van der Waals surface area contributed by atoms with E-state index < -0.39 is 0 Å². The molecule has 0 amide bonds. The van der Waals surface area contributed by atoms with Crippen molar-refractivity contribution in [3.05, 3.63) is 71.3 Å². The zero-order valence-electron chi connectivity index (χ0n) is 19.0. The summed E-state index contributed by atoms with van der Waals surface area (Å²) >= 11 is 0. The molecule has 0 atom stereocenters. The molecule has 2 aromatic rings. The van der Waals surface area contributed by atoms with Crippen molar-refractivity contribution >= 4 is 35.9 Å². The molecule has 1 fully saturated rings. The zero-order chi connectivity index (χ0) is 21.9. The normalized spacial score (nSPS) is 15.0. The first kappa shape index (κ1) is 26.1. The minimum atomic E-state index is -0.286. The molecule has 2 aromatic carbocycles. The highest BCUT2D eigenvalue weighted by Gasteiger charge is 2.20. The van der Waals surface area contributed by atoms with Gasteiger partial charge >= 0.3 is 5.97 Å². The maximum Gasteiger partial charge on any atom is 0.338 e. The van der Waals surface area contributed by atoms with E-state index in [1.165, 1.54) is 5.56 Å². The third-order valence-corrected chi connectivity index (χ3v) is 5.41. The first-order valence-corrected chi connectivity index (χ1v) is 11.2. The van der Waals surface area contributed by atoms with Crippen LogP contribution in [0.2, 0.25) is 0 Å². The number of nitrogens with one attached hydrogen (secondary N) is 2. The summed E-state index contributed by atoms with van der Waals surface area (Å²) in [7, 11) is 0. The standard InChI is InChI=1S/C25H34N4O2.HI/c1-3-26-25(27-18-20-10-12-22(13-11-20)24(30)31-4-2)28-23-14-16-29(17-15-23)19-21-8-6-5-7-9-21;/h5-13,23H,3-4,14-19H2,1-2H3,(H2,26,27,28);1H. The largest absolute Gasteiger partial charge is 0.462 e. The van der Waals surface area contributed by atoms with Crippen molar-refractivity contribution in [1.29, 1.82) is 0 Å². The number of carbonyl (C=O) groups is 1. The van der Waals surface area contributed by atoms with Crippen molar-refractivity contribution in [1.82, 2.24) is 15.5 Å². The summed E-state index contributed by atoms with van der Waals surface area (Å²) in [5.41, 5.74) is 3.00. The number of ether oxygens (including phenoxy) is 1. The molecule has 32 heavy (non-hydrogen) atoms. The second-order valence-corrected chi connectivity index (χ2v) is 7.79. The quantitative estimate of drug-likeness (QED) is 0.223. The molecule has 0 aliphatic carbocycles. The fourth-order valence-corrected chi connectivity index (χ4v) is 3.72. The predicted molar refractivity (Wildman–Crippen MR) is 141 cm³/mol. The Hall–Kier alpha value is -2.13. The number of hydrogen-bond donors (Lipinski definition) is 2. The van der Waals surface area contributed by atoms with Gasteiger partial charge in [0.2, 0.25) is 0 Å². The minimum Gasteiger partial charge on any atom is -0.462 e. The van der Waals surface area contributed by atoms with Gasteiger partial charge in [0.05, 0.1) is 18.7 Å². The summed E-state index contributed by atoms with van der Waals surface area (Å²) in [6.45, 7) is 8.84. The highest BCUT2D eigenvalue weighted by atomic mass is 127. The van der Waals surface area contributed by atoms with E-state index in [2.05, 4.69) is 52.8 Å².